The monoisotopic (exact) mass is 330 g/mol. The maximum atomic E-state index is 11.8. The van der Waals surface area contributed by atoms with Gasteiger partial charge in [-0.3, -0.25) is 4.79 Å². The fraction of sp³-hybridized carbons (Fsp3) is 0.667. The molecule has 3 atom stereocenters. The Morgan fingerprint density at radius 2 is 2.00 bits per heavy atom. The second-order valence-corrected chi connectivity index (χ2v) is 8.24. The van der Waals surface area contributed by atoms with Gasteiger partial charge >= 0.3 is 5.97 Å². The number of fused-ring (bicyclic) bond motifs is 2. The summed E-state index contributed by atoms with van der Waals surface area (Å²) in [5.41, 5.74) is 3.95. The van der Waals surface area contributed by atoms with Crippen molar-refractivity contribution in [1.29, 1.82) is 0 Å². The normalized spacial score (nSPS) is 28.3. The summed E-state index contributed by atoms with van der Waals surface area (Å²) in [5, 5.41) is 0. The van der Waals surface area contributed by atoms with E-state index in [2.05, 4.69) is 32.9 Å². The van der Waals surface area contributed by atoms with Gasteiger partial charge in [-0.1, -0.05) is 26.3 Å². The summed E-state index contributed by atoms with van der Waals surface area (Å²) in [6.07, 6.45) is 5.71. The summed E-state index contributed by atoms with van der Waals surface area (Å²) in [6, 6.07) is 4.34. The first-order chi connectivity index (χ1) is 11.3. The molecule has 1 saturated carbocycles. The SMILES string of the molecule is COc1cc2c(cc1C)CC[C@@H]1[C@@H](CCCC1(C)C)[C@@H]2OC(C)=O. The van der Waals surface area contributed by atoms with Gasteiger partial charge in [-0.25, -0.2) is 0 Å². The number of aryl methyl sites for hydroxylation is 2. The maximum Gasteiger partial charge on any atom is 0.303 e. The van der Waals surface area contributed by atoms with Crippen LogP contribution in [-0.4, -0.2) is 13.1 Å². The number of carbonyl (C=O) groups excluding carboxylic acids is 1. The van der Waals surface area contributed by atoms with E-state index in [0.29, 0.717) is 17.3 Å². The van der Waals surface area contributed by atoms with Gasteiger partial charge in [0.2, 0.25) is 0 Å². The minimum absolute atomic E-state index is 0.140. The third-order valence-electron chi connectivity index (χ3n) is 6.25. The molecule has 0 amide bonds. The van der Waals surface area contributed by atoms with Crippen LogP contribution in [0.25, 0.3) is 0 Å². The van der Waals surface area contributed by atoms with Gasteiger partial charge in [0.1, 0.15) is 11.9 Å². The number of ether oxygens (including phenoxy) is 2. The first-order valence-corrected chi connectivity index (χ1v) is 9.18. The minimum atomic E-state index is -0.186. The van der Waals surface area contributed by atoms with Gasteiger partial charge in [0, 0.05) is 12.8 Å². The van der Waals surface area contributed by atoms with Crippen molar-refractivity contribution >= 4 is 5.97 Å². The first-order valence-electron chi connectivity index (χ1n) is 9.18. The molecule has 0 aliphatic heterocycles. The lowest BCUT2D eigenvalue weighted by molar-refractivity contribution is -0.153. The molecule has 0 bridgehead atoms. The van der Waals surface area contributed by atoms with E-state index < -0.39 is 0 Å². The third kappa shape index (κ3) is 3.05. The lowest BCUT2D eigenvalue weighted by atomic mass is 9.61. The van der Waals surface area contributed by atoms with Crippen LogP contribution in [-0.2, 0) is 16.0 Å². The molecule has 3 heteroatoms. The van der Waals surface area contributed by atoms with E-state index in [9.17, 15) is 4.79 Å². The lowest BCUT2D eigenvalue weighted by Gasteiger charge is -2.45. The summed E-state index contributed by atoms with van der Waals surface area (Å²) in [5.74, 6) is 1.70. The number of methoxy groups -OCH3 is 1. The van der Waals surface area contributed by atoms with Gasteiger partial charge in [-0.15, -0.1) is 0 Å². The molecule has 3 rings (SSSR count). The standard InChI is InChI=1S/C21H30O3/c1-13-11-15-8-9-18-16(7-6-10-21(18,3)4)20(24-14(2)22)17(15)12-19(13)23-5/h11-12,16,18,20H,6-10H2,1-5H3/t16-,18-,20+/m1/s1. The van der Waals surface area contributed by atoms with Crippen molar-refractivity contribution in [3.8, 4) is 5.75 Å². The zero-order valence-corrected chi connectivity index (χ0v) is 15.6. The fourth-order valence-electron chi connectivity index (χ4n) is 5.06. The molecule has 0 heterocycles. The van der Waals surface area contributed by atoms with E-state index in [1.165, 1.54) is 31.7 Å². The number of esters is 1. The summed E-state index contributed by atoms with van der Waals surface area (Å²) in [4.78, 5) is 11.8. The van der Waals surface area contributed by atoms with Crippen molar-refractivity contribution < 1.29 is 14.3 Å². The van der Waals surface area contributed by atoms with Crippen molar-refractivity contribution in [2.24, 2.45) is 17.3 Å². The zero-order valence-electron chi connectivity index (χ0n) is 15.6. The smallest absolute Gasteiger partial charge is 0.303 e. The Labute approximate surface area is 145 Å². The van der Waals surface area contributed by atoms with Gasteiger partial charge in [-0.2, -0.15) is 0 Å². The average molecular weight is 330 g/mol. The Kier molecular flexibility index (Phi) is 4.63. The molecule has 1 aromatic rings. The average Bonchev–Trinajstić information content (AvgIpc) is 2.64. The van der Waals surface area contributed by atoms with Crippen molar-refractivity contribution in [2.75, 3.05) is 7.11 Å². The fourth-order valence-corrected chi connectivity index (χ4v) is 5.06. The van der Waals surface area contributed by atoms with E-state index in [-0.39, 0.29) is 12.1 Å². The highest BCUT2D eigenvalue weighted by Gasteiger charge is 2.45. The number of hydrogen-bond acceptors (Lipinski definition) is 3. The number of benzene rings is 1. The molecule has 0 unspecified atom stereocenters. The molecule has 0 N–H and O–H groups in total. The molecule has 2 aliphatic rings. The molecule has 0 saturated heterocycles. The summed E-state index contributed by atoms with van der Waals surface area (Å²) in [6.45, 7) is 8.38. The van der Waals surface area contributed by atoms with Crippen LogP contribution < -0.4 is 4.74 Å². The molecule has 132 valence electrons. The van der Waals surface area contributed by atoms with Crippen molar-refractivity contribution in [2.45, 2.75) is 65.9 Å². The summed E-state index contributed by atoms with van der Waals surface area (Å²) < 4.78 is 11.4. The Bertz CT molecular complexity index is 632. The number of carbonyl (C=O) groups is 1. The topological polar surface area (TPSA) is 35.5 Å². The molecule has 0 radical (unpaired) electrons. The minimum Gasteiger partial charge on any atom is -0.496 e. The summed E-state index contributed by atoms with van der Waals surface area (Å²) in [7, 11) is 1.71. The van der Waals surface area contributed by atoms with Crippen LogP contribution >= 0.6 is 0 Å². The van der Waals surface area contributed by atoms with E-state index in [1.54, 1.807) is 7.11 Å². The van der Waals surface area contributed by atoms with Gasteiger partial charge in [0.05, 0.1) is 7.11 Å². The van der Waals surface area contributed by atoms with Crippen molar-refractivity contribution in [3.63, 3.8) is 0 Å². The van der Waals surface area contributed by atoms with Gasteiger partial charge in [0.25, 0.3) is 0 Å². The molecule has 1 aromatic carbocycles. The predicted molar refractivity (Wildman–Crippen MR) is 95.2 cm³/mol. The van der Waals surface area contributed by atoms with Crippen molar-refractivity contribution in [3.05, 3.63) is 28.8 Å². The highest BCUT2D eigenvalue weighted by Crippen LogP contribution is 2.53. The molecule has 3 nitrogen and oxygen atoms in total. The third-order valence-corrected chi connectivity index (χ3v) is 6.25. The summed E-state index contributed by atoms with van der Waals surface area (Å²) >= 11 is 0. The van der Waals surface area contributed by atoms with Gasteiger partial charge < -0.3 is 9.47 Å². The Morgan fingerprint density at radius 1 is 1.25 bits per heavy atom. The van der Waals surface area contributed by atoms with E-state index in [4.69, 9.17) is 9.47 Å². The molecule has 1 fully saturated rings. The van der Waals surface area contributed by atoms with Crippen LogP contribution in [0.3, 0.4) is 0 Å². The van der Waals surface area contributed by atoms with Crippen LogP contribution in [0.4, 0.5) is 0 Å². The van der Waals surface area contributed by atoms with Crippen LogP contribution in [0, 0.1) is 24.2 Å². The maximum absolute atomic E-state index is 11.8. The van der Waals surface area contributed by atoms with Gasteiger partial charge in [0.15, 0.2) is 0 Å². The van der Waals surface area contributed by atoms with Crippen LogP contribution in [0.2, 0.25) is 0 Å². The largest absolute Gasteiger partial charge is 0.496 e. The molecule has 0 aromatic heterocycles. The second-order valence-electron chi connectivity index (χ2n) is 8.24. The van der Waals surface area contributed by atoms with Gasteiger partial charge in [-0.05, 0) is 66.7 Å². The highest BCUT2D eigenvalue weighted by molar-refractivity contribution is 5.66. The van der Waals surface area contributed by atoms with Crippen LogP contribution in [0.15, 0.2) is 12.1 Å². The molecular weight excluding hydrogens is 300 g/mol. The lowest BCUT2D eigenvalue weighted by Crippen LogP contribution is -2.38. The van der Waals surface area contributed by atoms with E-state index in [0.717, 1.165) is 29.7 Å². The molecule has 24 heavy (non-hydrogen) atoms. The molecular formula is C21H30O3. The number of hydrogen-bond donors (Lipinski definition) is 0. The molecule has 0 spiro atoms. The molecule has 2 aliphatic carbocycles. The zero-order chi connectivity index (χ0) is 17.5. The first kappa shape index (κ1) is 17.3. The van der Waals surface area contributed by atoms with Crippen LogP contribution in [0.5, 0.6) is 5.75 Å². The Hall–Kier alpha value is -1.51. The number of rotatable bonds is 2. The quantitative estimate of drug-likeness (QED) is 0.716. The van der Waals surface area contributed by atoms with E-state index >= 15 is 0 Å². The van der Waals surface area contributed by atoms with E-state index in [1.807, 2.05) is 0 Å². The highest BCUT2D eigenvalue weighted by atomic mass is 16.5. The Balaban J connectivity index is 2.09. The van der Waals surface area contributed by atoms with Crippen molar-refractivity contribution in [1.82, 2.24) is 0 Å². The second kappa shape index (κ2) is 6.42. The Morgan fingerprint density at radius 3 is 2.67 bits per heavy atom. The predicted octanol–water partition coefficient (Wildman–Crippen LogP) is 5.00. The van der Waals surface area contributed by atoms with Crippen LogP contribution in [0.1, 0.15) is 69.2 Å².